The summed E-state index contributed by atoms with van der Waals surface area (Å²) in [5, 5.41) is 9.02. The molecule has 0 saturated carbocycles. The molecule has 2 N–H and O–H groups in total. The molecule has 0 aliphatic rings. The molecule has 2 heterocycles. The van der Waals surface area contributed by atoms with Gasteiger partial charge in [-0.25, -0.2) is 4.79 Å². The third-order valence-corrected chi connectivity index (χ3v) is 3.45. The van der Waals surface area contributed by atoms with Gasteiger partial charge in [0, 0.05) is 23.9 Å². The van der Waals surface area contributed by atoms with Gasteiger partial charge in [0.2, 0.25) is 11.3 Å². The number of pyridine rings is 1. The van der Waals surface area contributed by atoms with Crippen molar-refractivity contribution in [2.45, 2.75) is 26.4 Å². The van der Waals surface area contributed by atoms with Gasteiger partial charge in [-0.2, -0.15) is 0 Å². The summed E-state index contributed by atoms with van der Waals surface area (Å²) in [6, 6.07) is 6.62. The van der Waals surface area contributed by atoms with Crippen molar-refractivity contribution in [1.29, 1.82) is 0 Å². The number of nitrogens with one attached hydrogen (secondary N) is 1. The molecule has 2 aromatic heterocycles. The number of H-pyrrole nitrogens is 1. The molecule has 0 saturated heterocycles. The molecule has 2 rings (SSSR count). The zero-order valence-corrected chi connectivity index (χ0v) is 12.2. The molecule has 0 aliphatic carbocycles. The number of rotatable bonds is 5. The number of carbonyl (C=O) groups is 1. The molecule has 21 heavy (non-hydrogen) atoms. The second kappa shape index (κ2) is 5.97. The van der Waals surface area contributed by atoms with E-state index in [1.165, 1.54) is 6.07 Å². The molecule has 0 fully saturated rings. The summed E-state index contributed by atoms with van der Waals surface area (Å²) < 4.78 is 5.41. The summed E-state index contributed by atoms with van der Waals surface area (Å²) in [7, 11) is 1.88. The van der Waals surface area contributed by atoms with Gasteiger partial charge in [-0.05, 0) is 33.0 Å². The number of nitrogens with zero attached hydrogens (tertiary/aromatic N) is 1. The normalized spacial score (nSPS) is 12.6. The lowest BCUT2D eigenvalue weighted by atomic mass is 10.2. The van der Waals surface area contributed by atoms with Gasteiger partial charge in [0.05, 0.1) is 6.04 Å². The Hall–Kier alpha value is -2.34. The molecule has 0 spiro atoms. The van der Waals surface area contributed by atoms with Crippen LogP contribution in [-0.4, -0.2) is 28.0 Å². The Bertz CT molecular complexity index is 702. The second-order valence-electron chi connectivity index (χ2n) is 5.10. The minimum atomic E-state index is -1.07. The highest BCUT2D eigenvalue weighted by atomic mass is 16.4. The number of carboxylic acid groups (broad SMARTS) is 1. The van der Waals surface area contributed by atoms with E-state index >= 15 is 0 Å². The number of aromatic nitrogens is 1. The number of aromatic amines is 1. The third-order valence-electron chi connectivity index (χ3n) is 3.45. The van der Waals surface area contributed by atoms with Crippen LogP contribution in [0.15, 0.2) is 33.5 Å². The van der Waals surface area contributed by atoms with E-state index in [1.807, 2.05) is 24.9 Å². The van der Waals surface area contributed by atoms with Crippen LogP contribution in [0.4, 0.5) is 0 Å². The number of carboxylic acids is 1. The van der Waals surface area contributed by atoms with Gasteiger partial charge >= 0.3 is 5.97 Å². The molecule has 0 aliphatic heterocycles. The molecule has 2 aromatic rings. The second-order valence-corrected chi connectivity index (χ2v) is 5.10. The quantitative estimate of drug-likeness (QED) is 0.881. The van der Waals surface area contributed by atoms with Crippen molar-refractivity contribution in [3.8, 4) is 0 Å². The van der Waals surface area contributed by atoms with Crippen LogP contribution >= 0.6 is 0 Å². The molecule has 0 bridgehead atoms. The lowest BCUT2D eigenvalue weighted by Crippen LogP contribution is -2.23. The van der Waals surface area contributed by atoms with Gasteiger partial charge in [-0.3, -0.25) is 9.69 Å². The summed E-state index contributed by atoms with van der Waals surface area (Å²) in [5.41, 5.74) is 1.25. The number of hydrogen-bond donors (Lipinski definition) is 2. The van der Waals surface area contributed by atoms with Crippen LogP contribution in [-0.2, 0) is 6.54 Å². The standard InChI is InChI=1S/C15H18N2O4/c1-9-7-12(21-14(9)15(19)20)10(2)17(3)8-11-5-4-6-13(18)16-11/h4-7,10H,8H2,1-3H3,(H,16,18)(H,19,20). The van der Waals surface area contributed by atoms with Crippen molar-refractivity contribution < 1.29 is 14.3 Å². The Morgan fingerprint density at radius 3 is 2.76 bits per heavy atom. The van der Waals surface area contributed by atoms with Crippen molar-refractivity contribution in [3.63, 3.8) is 0 Å². The zero-order valence-electron chi connectivity index (χ0n) is 12.2. The largest absolute Gasteiger partial charge is 0.475 e. The topological polar surface area (TPSA) is 86.5 Å². The number of furan rings is 1. The summed E-state index contributed by atoms with van der Waals surface area (Å²) in [6.45, 7) is 4.15. The van der Waals surface area contributed by atoms with E-state index in [0.29, 0.717) is 17.9 Å². The monoisotopic (exact) mass is 290 g/mol. The Labute approximate surface area is 122 Å². The Morgan fingerprint density at radius 1 is 1.48 bits per heavy atom. The van der Waals surface area contributed by atoms with E-state index in [9.17, 15) is 9.59 Å². The summed E-state index contributed by atoms with van der Waals surface area (Å²) >= 11 is 0. The van der Waals surface area contributed by atoms with Crippen molar-refractivity contribution >= 4 is 5.97 Å². The molecule has 0 aromatic carbocycles. The molecule has 0 radical (unpaired) electrons. The average Bonchev–Trinajstić information content (AvgIpc) is 2.80. The minimum absolute atomic E-state index is 0.0293. The first kappa shape index (κ1) is 15.1. The smallest absolute Gasteiger partial charge is 0.372 e. The lowest BCUT2D eigenvalue weighted by molar-refractivity contribution is 0.0655. The van der Waals surface area contributed by atoms with Gasteiger partial charge < -0.3 is 14.5 Å². The van der Waals surface area contributed by atoms with Crippen LogP contribution in [0.2, 0.25) is 0 Å². The van der Waals surface area contributed by atoms with E-state index in [1.54, 1.807) is 19.1 Å². The highest BCUT2D eigenvalue weighted by Gasteiger charge is 2.20. The summed E-state index contributed by atoms with van der Waals surface area (Å²) in [6.07, 6.45) is 0. The third kappa shape index (κ3) is 3.41. The fourth-order valence-electron chi connectivity index (χ4n) is 2.13. The van der Waals surface area contributed by atoms with Crippen molar-refractivity contribution in [2.75, 3.05) is 7.05 Å². The first-order valence-corrected chi connectivity index (χ1v) is 6.60. The van der Waals surface area contributed by atoms with Gasteiger partial charge in [0.1, 0.15) is 5.76 Å². The fourth-order valence-corrected chi connectivity index (χ4v) is 2.13. The molecule has 1 atom stereocenters. The Kier molecular flexibility index (Phi) is 4.28. The predicted molar refractivity (Wildman–Crippen MR) is 77.3 cm³/mol. The predicted octanol–water partition coefficient (Wildman–Crippen LogP) is 2.17. The van der Waals surface area contributed by atoms with Crippen molar-refractivity contribution in [1.82, 2.24) is 9.88 Å². The molecule has 1 unspecified atom stereocenters. The highest BCUT2D eigenvalue weighted by molar-refractivity contribution is 5.86. The molecule has 6 nitrogen and oxygen atoms in total. The maximum Gasteiger partial charge on any atom is 0.372 e. The average molecular weight is 290 g/mol. The molecule has 6 heteroatoms. The van der Waals surface area contributed by atoms with Crippen LogP contribution in [0.25, 0.3) is 0 Å². The van der Waals surface area contributed by atoms with E-state index in [0.717, 1.165) is 5.69 Å². The number of aryl methyl sites for hydroxylation is 1. The molecular weight excluding hydrogens is 272 g/mol. The maximum atomic E-state index is 11.3. The molecule has 112 valence electrons. The zero-order chi connectivity index (χ0) is 15.6. The number of hydrogen-bond acceptors (Lipinski definition) is 4. The van der Waals surface area contributed by atoms with Crippen molar-refractivity contribution in [2.24, 2.45) is 0 Å². The Balaban J connectivity index is 2.15. The van der Waals surface area contributed by atoms with E-state index < -0.39 is 5.97 Å². The number of aromatic carboxylic acids is 1. The summed E-state index contributed by atoms with van der Waals surface area (Å²) in [4.78, 5) is 27.0. The van der Waals surface area contributed by atoms with E-state index in [-0.39, 0.29) is 17.4 Å². The fraction of sp³-hybridized carbons (Fsp3) is 0.333. The maximum absolute atomic E-state index is 11.3. The van der Waals surface area contributed by atoms with Crippen LogP contribution < -0.4 is 5.56 Å². The van der Waals surface area contributed by atoms with E-state index in [4.69, 9.17) is 9.52 Å². The van der Waals surface area contributed by atoms with E-state index in [2.05, 4.69) is 4.98 Å². The summed E-state index contributed by atoms with van der Waals surface area (Å²) in [5.74, 6) is -0.509. The van der Waals surface area contributed by atoms with Crippen LogP contribution in [0.3, 0.4) is 0 Å². The van der Waals surface area contributed by atoms with Crippen LogP contribution in [0.1, 0.15) is 40.5 Å². The highest BCUT2D eigenvalue weighted by Crippen LogP contribution is 2.25. The SMILES string of the molecule is Cc1cc(C(C)N(C)Cc2cccc(=O)[nH]2)oc1C(=O)O. The Morgan fingerprint density at radius 2 is 2.19 bits per heavy atom. The van der Waals surface area contributed by atoms with Gasteiger partial charge in [-0.15, -0.1) is 0 Å². The van der Waals surface area contributed by atoms with Crippen LogP contribution in [0, 0.1) is 6.92 Å². The first-order valence-electron chi connectivity index (χ1n) is 6.60. The molecule has 0 amide bonds. The lowest BCUT2D eigenvalue weighted by Gasteiger charge is -2.22. The van der Waals surface area contributed by atoms with Gasteiger partial charge in [0.25, 0.3) is 0 Å². The van der Waals surface area contributed by atoms with Crippen molar-refractivity contribution in [3.05, 3.63) is 57.4 Å². The van der Waals surface area contributed by atoms with Gasteiger partial charge in [-0.1, -0.05) is 6.07 Å². The minimum Gasteiger partial charge on any atom is -0.475 e. The molecular formula is C15H18N2O4. The van der Waals surface area contributed by atoms with Crippen LogP contribution in [0.5, 0.6) is 0 Å². The first-order chi connectivity index (χ1) is 9.88. The van der Waals surface area contributed by atoms with Gasteiger partial charge in [0.15, 0.2) is 0 Å².